The minimum atomic E-state index is -0.946. The van der Waals surface area contributed by atoms with Crippen molar-refractivity contribution in [2.75, 3.05) is 18.6 Å². The van der Waals surface area contributed by atoms with Crippen LogP contribution in [0.5, 0.6) is 11.5 Å². The first-order chi connectivity index (χ1) is 15.5. The van der Waals surface area contributed by atoms with Gasteiger partial charge in [-0.1, -0.05) is 31.5 Å². The maximum atomic E-state index is 15.3. The standard InChI is InChI=1S/C25H30FNO6/c1-7-8-14-31-22-19(23(29)32-17-12-10-9-11-13-17)16(2)20(26)18(15-28)21(22)27(6)24(30)33-25(3,4)5/h9-13,15H,7-8,14H2,1-6H3. The average Bonchev–Trinajstić information content (AvgIpc) is 2.75. The number of amides is 1. The third-order valence-corrected chi connectivity index (χ3v) is 4.66. The second kappa shape index (κ2) is 10.9. The van der Waals surface area contributed by atoms with Gasteiger partial charge in [-0.2, -0.15) is 0 Å². The molecule has 0 saturated carbocycles. The van der Waals surface area contributed by atoms with Crippen molar-refractivity contribution in [3.63, 3.8) is 0 Å². The summed E-state index contributed by atoms with van der Waals surface area (Å²) in [5.41, 5.74) is -1.77. The van der Waals surface area contributed by atoms with Crippen LogP contribution in [-0.2, 0) is 4.74 Å². The van der Waals surface area contributed by atoms with E-state index in [-0.39, 0.29) is 41.2 Å². The summed E-state index contributed by atoms with van der Waals surface area (Å²) in [5.74, 6) is -1.68. The predicted octanol–water partition coefficient (Wildman–Crippen LogP) is 5.72. The Kier molecular flexibility index (Phi) is 8.56. The van der Waals surface area contributed by atoms with Crippen LogP contribution in [0.25, 0.3) is 0 Å². The van der Waals surface area contributed by atoms with Crippen LogP contribution in [0.3, 0.4) is 0 Å². The van der Waals surface area contributed by atoms with Gasteiger partial charge in [0, 0.05) is 12.6 Å². The summed E-state index contributed by atoms with van der Waals surface area (Å²) in [6.07, 6.45) is 0.881. The number of ether oxygens (including phenoxy) is 3. The van der Waals surface area contributed by atoms with Crippen molar-refractivity contribution in [1.82, 2.24) is 0 Å². The molecule has 0 bridgehead atoms. The van der Waals surface area contributed by atoms with Crippen LogP contribution in [-0.4, -0.2) is 37.6 Å². The van der Waals surface area contributed by atoms with E-state index in [1.54, 1.807) is 51.1 Å². The molecule has 8 heteroatoms. The lowest BCUT2D eigenvalue weighted by molar-refractivity contribution is 0.0586. The number of esters is 1. The molecule has 0 aliphatic rings. The van der Waals surface area contributed by atoms with Gasteiger partial charge >= 0.3 is 12.1 Å². The van der Waals surface area contributed by atoms with E-state index in [0.29, 0.717) is 6.42 Å². The molecular weight excluding hydrogens is 429 g/mol. The molecule has 0 aliphatic carbocycles. The number of hydrogen-bond acceptors (Lipinski definition) is 6. The number of aldehydes is 1. The third-order valence-electron chi connectivity index (χ3n) is 4.66. The summed E-state index contributed by atoms with van der Waals surface area (Å²) in [6, 6.07) is 8.29. The number of nitrogens with zero attached hydrogens (tertiary/aromatic N) is 1. The summed E-state index contributed by atoms with van der Waals surface area (Å²) in [7, 11) is 1.32. The fraction of sp³-hybridized carbons (Fsp3) is 0.400. The van der Waals surface area contributed by atoms with E-state index in [2.05, 4.69) is 0 Å². The fourth-order valence-electron chi connectivity index (χ4n) is 3.04. The fourth-order valence-corrected chi connectivity index (χ4v) is 3.04. The lowest BCUT2D eigenvalue weighted by atomic mass is 9.99. The van der Waals surface area contributed by atoms with Crippen molar-refractivity contribution in [2.24, 2.45) is 0 Å². The van der Waals surface area contributed by atoms with Gasteiger partial charge in [0.1, 0.15) is 28.4 Å². The number of unbranched alkanes of at least 4 members (excludes halogenated alkanes) is 1. The zero-order valence-corrected chi connectivity index (χ0v) is 19.9. The summed E-state index contributed by atoms with van der Waals surface area (Å²) in [4.78, 5) is 38.7. The number of benzene rings is 2. The van der Waals surface area contributed by atoms with Gasteiger partial charge in [-0.25, -0.2) is 14.0 Å². The Hall–Kier alpha value is -3.42. The van der Waals surface area contributed by atoms with Crippen LogP contribution < -0.4 is 14.4 Å². The number of rotatable bonds is 8. The largest absolute Gasteiger partial charge is 0.490 e. The second-order valence-electron chi connectivity index (χ2n) is 8.47. The lowest BCUT2D eigenvalue weighted by Gasteiger charge is -2.28. The van der Waals surface area contributed by atoms with Crippen molar-refractivity contribution in [3.05, 3.63) is 52.8 Å². The maximum Gasteiger partial charge on any atom is 0.414 e. The van der Waals surface area contributed by atoms with Crippen molar-refractivity contribution < 1.29 is 33.0 Å². The molecular formula is C25H30FNO6. The lowest BCUT2D eigenvalue weighted by Crippen LogP contribution is -2.35. The normalized spacial score (nSPS) is 11.0. The van der Waals surface area contributed by atoms with Crippen LogP contribution in [0.15, 0.2) is 30.3 Å². The zero-order chi connectivity index (χ0) is 24.8. The van der Waals surface area contributed by atoms with E-state index in [4.69, 9.17) is 14.2 Å². The Balaban J connectivity index is 2.70. The van der Waals surface area contributed by atoms with Crippen molar-refractivity contribution >= 4 is 24.0 Å². The van der Waals surface area contributed by atoms with Crippen molar-refractivity contribution in [2.45, 2.75) is 53.1 Å². The smallest absolute Gasteiger partial charge is 0.414 e. The molecule has 0 saturated heterocycles. The molecule has 7 nitrogen and oxygen atoms in total. The zero-order valence-electron chi connectivity index (χ0n) is 19.9. The monoisotopic (exact) mass is 459 g/mol. The molecule has 2 aromatic carbocycles. The topological polar surface area (TPSA) is 82.1 Å². The van der Waals surface area contributed by atoms with E-state index in [0.717, 1.165) is 11.3 Å². The van der Waals surface area contributed by atoms with Crippen LogP contribution in [0.4, 0.5) is 14.9 Å². The Bertz CT molecular complexity index is 1010. The van der Waals surface area contributed by atoms with Crippen LogP contribution in [0.2, 0.25) is 0 Å². The van der Waals surface area contributed by atoms with E-state index in [9.17, 15) is 14.4 Å². The third kappa shape index (κ3) is 6.31. The molecule has 0 heterocycles. The van der Waals surface area contributed by atoms with Gasteiger partial charge in [0.05, 0.1) is 12.2 Å². The van der Waals surface area contributed by atoms with E-state index < -0.39 is 29.0 Å². The molecule has 0 aliphatic heterocycles. The molecule has 0 aromatic heterocycles. The van der Waals surface area contributed by atoms with Crippen molar-refractivity contribution in [3.8, 4) is 11.5 Å². The van der Waals surface area contributed by atoms with Crippen LogP contribution in [0, 0.1) is 12.7 Å². The number of para-hydroxylation sites is 1. The first-order valence-corrected chi connectivity index (χ1v) is 10.7. The number of carbonyl (C=O) groups is 3. The van der Waals surface area contributed by atoms with Gasteiger partial charge in [-0.15, -0.1) is 0 Å². The van der Waals surface area contributed by atoms with Gasteiger partial charge < -0.3 is 14.2 Å². The summed E-state index contributed by atoms with van der Waals surface area (Å²) in [5, 5.41) is 0. The molecule has 0 spiro atoms. The number of carbonyl (C=O) groups excluding carboxylic acids is 3. The minimum absolute atomic E-state index is 0.112. The first-order valence-electron chi connectivity index (χ1n) is 10.7. The predicted molar refractivity (Wildman–Crippen MR) is 123 cm³/mol. The van der Waals surface area contributed by atoms with Gasteiger partial charge in [-0.05, 0) is 46.2 Å². The second-order valence-corrected chi connectivity index (χ2v) is 8.47. The maximum absolute atomic E-state index is 15.3. The highest BCUT2D eigenvalue weighted by molar-refractivity contribution is 6.05. The van der Waals surface area contributed by atoms with E-state index in [1.165, 1.54) is 14.0 Å². The van der Waals surface area contributed by atoms with E-state index in [1.807, 2.05) is 6.92 Å². The molecule has 0 radical (unpaired) electrons. The Morgan fingerprint density at radius 3 is 2.33 bits per heavy atom. The quantitative estimate of drug-likeness (QED) is 0.217. The molecule has 1 amide bonds. The first kappa shape index (κ1) is 25.8. The number of anilines is 1. The van der Waals surface area contributed by atoms with Crippen LogP contribution >= 0.6 is 0 Å². The van der Waals surface area contributed by atoms with Gasteiger partial charge in [0.2, 0.25) is 0 Å². The van der Waals surface area contributed by atoms with E-state index >= 15 is 4.39 Å². The summed E-state index contributed by atoms with van der Waals surface area (Å²) >= 11 is 0. The Morgan fingerprint density at radius 1 is 1.15 bits per heavy atom. The summed E-state index contributed by atoms with van der Waals surface area (Å²) < 4.78 is 32.0. The molecule has 2 aromatic rings. The van der Waals surface area contributed by atoms with Crippen LogP contribution in [0.1, 0.15) is 66.8 Å². The average molecular weight is 460 g/mol. The molecule has 0 N–H and O–H groups in total. The van der Waals surface area contributed by atoms with Crippen molar-refractivity contribution in [1.29, 1.82) is 0 Å². The molecule has 2 rings (SSSR count). The van der Waals surface area contributed by atoms with Gasteiger partial charge in [0.25, 0.3) is 0 Å². The highest BCUT2D eigenvalue weighted by Crippen LogP contribution is 2.40. The van der Waals surface area contributed by atoms with Gasteiger partial charge in [0.15, 0.2) is 12.0 Å². The Morgan fingerprint density at radius 2 is 1.79 bits per heavy atom. The molecule has 33 heavy (non-hydrogen) atoms. The number of halogens is 1. The molecule has 0 unspecified atom stereocenters. The molecule has 0 atom stereocenters. The Labute approximate surface area is 193 Å². The molecule has 178 valence electrons. The minimum Gasteiger partial charge on any atom is -0.490 e. The molecule has 0 fully saturated rings. The highest BCUT2D eigenvalue weighted by atomic mass is 19.1. The van der Waals surface area contributed by atoms with Gasteiger partial charge in [-0.3, -0.25) is 9.69 Å². The summed E-state index contributed by atoms with van der Waals surface area (Å²) in [6.45, 7) is 8.52. The SMILES string of the molecule is CCCCOc1c(C(=O)Oc2ccccc2)c(C)c(F)c(C=O)c1N(C)C(=O)OC(C)(C)C. The highest BCUT2D eigenvalue weighted by Gasteiger charge is 2.33. The number of hydrogen-bond donors (Lipinski definition) is 0.